The third kappa shape index (κ3) is 5.13. The second-order valence-electron chi connectivity index (χ2n) is 6.53. The molecule has 0 spiro atoms. The molecule has 1 amide bonds. The quantitative estimate of drug-likeness (QED) is 0.505. The molecule has 3 aromatic rings. The van der Waals surface area contributed by atoms with Gasteiger partial charge in [-0.1, -0.05) is 36.3 Å². The lowest BCUT2D eigenvalue weighted by Crippen LogP contribution is -2.35. The Labute approximate surface area is 169 Å². The molecule has 0 bridgehead atoms. The molecule has 0 aliphatic carbocycles. The average Bonchev–Trinajstić information content (AvgIpc) is 3.39. The molecule has 0 N–H and O–H groups in total. The van der Waals surface area contributed by atoms with Crippen molar-refractivity contribution in [2.45, 2.75) is 39.0 Å². The molecule has 7 nitrogen and oxygen atoms in total. The summed E-state index contributed by atoms with van der Waals surface area (Å²) in [5.41, 5.74) is 0.992. The van der Waals surface area contributed by atoms with Crippen molar-refractivity contribution in [1.82, 2.24) is 15.0 Å². The van der Waals surface area contributed by atoms with Gasteiger partial charge in [-0.3, -0.25) is 9.59 Å². The first-order chi connectivity index (χ1) is 14.3. The summed E-state index contributed by atoms with van der Waals surface area (Å²) in [6.45, 7) is 2.04. The van der Waals surface area contributed by atoms with Crippen LogP contribution in [-0.4, -0.2) is 26.7 Å². The van der Waals surface area contributed by atoms with E-state index in [1.165, 1.54) is 23.3 Å². The number of benzene rings is 1. The monoisotopic (exact) mass is 421 g/mol. The van der Waals surface area contributed by atoms with Crippen molar-refractivity contribution in [3.63, 3.8) is 0 Å². The van der Waals surface area contributed by atoms with Crippen LogP contribution < -0.4 is 0 Å². The summed E-state index contributed by atoms with van der Waals surface area (Å²) in [5, 5.41) is 3.34. The van der Waals surface area contributed by atoms with E-state index < -0.39 is 23.8 Å². The Bertz CT molecular complexity index is 995. The molecule has 0 fully saturated rings. The van der Waals surface area contributed by atoms with Crippen LogP contribution in [0.4, 0.5) is 13.2 Å². The van der Waals surface area contributed by atoms with Crippen LogP contribution >= 0.6 is 0 Å². The van der Waals surface area contributed by atoms with Crippen LogP contribution in [0, 0.1) is 0 Å². The third-order valence-electron chi connectivity index (χ3n) is 4.18. The molecule has 0 aliphatic heterocycles. The van der Waals surface area contributed by atoms with E-state index in [4.69, 9.17) is 4.42 Å². The molecular formula is C20H18F3N3O4. The number of alkyl halides is 3. The van der Waals surface area contributed by atoms with Crippen molar-refractivity contribution in [1.29, 1.82) is 0 Å². The largest absolute Gasteiger partial charge is 0.471 e. The van der Waals surface area contributed by atoms with E-state index in [0.29, 0.717) is 23.3 Å². The van der Waals surface area contributed by atoms with Gasteiger partial charge in [0.15, 0.2) is 0 Å². The Morgan fingerprint density at radius 3 is 2.40 bits per heavy atom. The number of aromatic nitrogens is 2. The zero-order valence-corrected chi connectivity index (χ0v) is 16.0. The number of carbonyl (C=O) groups excluding carboxylic acids is 2. The number of Topliss-reactive ketones (excluding diaryl/α,β-unsaturated/α-hetero) is 1. The molecule has 0 saturated carbocycles. The molecule has 2 heterocycles. The molecule has 0 aliphatic rings. The number of hydrogen-bond acceptors (Lipinski definition) is 6. The zero-order valence-electron chi connectivity index (χ0n) is 16.0. The van der Waals surface area contributed by atoms with Crippen molar-refractivity contribution in [2.24, 2.45) is 0 Å². The number of nitrogens with zero attached hydrogens (tertiary/aromatic N) is 3. The van der Waals surface area contributed by atoms with Gasteiger partial charge < -0.3 is 13.8 Å². The molecule has 3 rings (SSSR count). The van der Waals surface area contributed by atoms with Gasteiger partial charge in [-0.15, -0.1) is 0 Å². The first-order valence-corrected chi connectivity index (χ1v) is 9.12. The Kier molecular flexibility index (Phi) is 6.34. The van der Waals surface area contributed by atoms with Crippen molar-refractivity contribution in [3.05, 3.63) is 59.9 Å². The van der Waals surface area contributed by atoms with E-state index in [9.17, 15) is 22.8 Å². The lowest BCUT2D eigenvalue weighted by Gasteiger charge is -2.21. The summed E-state index contributed by atoms with van der Waals surface area (Å²) in [6, 6.07) is 9.65. The molecule has 0 unspecified atom stereocenters. The Hall–Kier alpha value is -3.43. The van der Waals surface area contributed by atoms with Gasteiger partial charge in [0.25, 0.3) is 5.91 Å². The van der Waals surface area contributed by atoms with E-state index in [1.807, 2.05) is 6.92 Å². The van der Waals surface area contributed by atoms with Crippen LogP contribution in [0.15, 0.2) is 51.6 Å². The SMILES string of the molecule is CCCC(=O)C(=O)N(Cc1ccc(-c2noc(C(F)(F)F)n2)cc1)Cc1ccco1. The molecule has 0 saturated heterocycles. The molecule has 10 heteroatoms. The van der Waals surface area contributed by atoms with E-state index in [1.54, 1.807) is 24.3 Å². The van der Waals surface area contributed by atoms with Crippen molar-refractivity contribution >= 4 is 11.7 Å². The fourth-order valence-corrected chi connectivity index (χ4v) is 2.74. The average molecular weight is 421 g/mol. The lowest BCUT2D eigenvalue weighted by atomic mass is 10.1. The maximum atomic E-state index is 12.6. The van der Waals surface area contributed by atoms with Gasteiger partial charge in [-0.2, -0.15) is 18.2 Å². The number of furan rings is 1. The smallest absolute Gasteiger partial charge is 0.467 e. The van der Waals surface area contributed by atoms with Gasteiger partial charge in [0.2, 0.25) is 11.6 Å². The van der Waals surface area contributed by atoms with Crippen LogP contribution in [0.3, 0.4) is 0 Å². The first kappa shape index (κ1) is 21.3. The molecule has 158 valence electrons. The highest BCUT2D eigenvalue weighted by Gasteiger charge is 2.38. The van der Waals surface area contributed by atoms with Crippen LogP contribution in [0.25, 0.3) is 11.4 Å². The van der Waals surface area contributed by atoms with Gasteiger partial charge in [-0.25, -0.2) is 0 Å². The van der Waals surface area contributed by atoms with Gasteiger partial charge >= 0.3 is 12.1 Å². The molecule has 30 heavy (non-hydrogen) atoms. The minimum atomic E-state index is -4.72. The van der Waals surface area contributed by atoms with Crippen LogP contribution in [-0.2, 0) is 28.9 Å². The van der Waals surface area contributed by atoms with Crippen LogP contribution in [0.2, 0.25) is 0 Å². The standard InChI is InChI=1S/C20H18F3N3O4/c1-2-4-16(27)18(28)26(12-15-5-3-10-29-15)11-13-6-8-14(9-7-13)17-24-19(30-25-17)20(21,22)23/h3,5-10H,2,4,11-12H2,1H3. The molecule has 2 aromatic heterocycles. The zero-order chi connectivity index (χ0) is 21.7. The number of amides is 1. The minimum Gasteiger partial charge on any atom is -0.467 e. The molecule has 0 radical (unpaired) electrons. The second-order valence-corrected chi connectivity index (χ2v) is 6.53. The Balaban J connectivity index is 1.76. The number of rotatable bonds is 8. The van der Waals surface area contributed by atoms with Crippen LogP contribution in [0.5, 0.6) is 0 Å². The van der Waals surface area contributed by atoms with E-state index in [0.717, 1.165) is 0 Å². The summed E-state index contributed by atoms with van der Waals surface area (Å²) in [4.78, 5) is 29.3. The maximum absolute atomic E-state index is 12.6. The van der Waals surface area contributed by atoms with E-state index >= 15 is 0 Å². The highest BCUT2D eigenvalue weighted by atomic mass is 19.4. The van der Waals surface area contributed by atoms with Crippen molar-refractivity contribution < 1.29 is 31.7 Å². The number of ketones is 1. The summed E-state index contributed by atoms with van der Waals surface area (Å²) in [6.07, 6.45) is -2.55. The number of carbonyl (C=O) groups is 2. The second kappa shape index (κ2) is 8.93. The topological polar surface area (TPSA) is 89.4 Å². The normalized spacial score (nSPS) is 11.5. The van der Waals surface area contributed by atoms with Crippen molar-refractivity contribution in [2.75, 3.05) is 0 Å². The fourth-order valence-electron chi connectivity index (χ4n) is 2.74. The molecule has 1 aromatic carbocycles. The van der Waals surface area contributed by atoms with Gasteiger partial charge in [0.1, 0.15) is 5.76 Å². The lowest BCUT2D eigenvalue weighted by molar-refractivity contribution is -0.159. The van der Waals surface area contributed by atoms with Crippen molar-refractivity contribution in [3.8, 4) is 11.4 Å². The number of halogens is 3. The predicted molar refractivity (Wildman–Crippen MR) is 97.6 cm³/mol. The summed E-state index contributed by atoms with van der Waals surface area (Å²) >= 11 is 0. The summed E-state index contributed by atoms with van der Waals surface area (Å²) in [7, 11) is 0. The van der Waals surface area contributed by atoms with E-state index in [-0.39, 0.29) is 25.3 Å². The summed E-state index contributed by atoms with van der Waals surface area (Å²) in [5.74, 6) is -2.21. The van der Waals surface area contributed by atoms with Gasteiger partial charge in [-0.05, 0) is 24.1 Å². The number of hydrogen-bond donors (Lipinski definition) is 0. The van der Waals surface area contributed by atoms with E-state index in [2.05, 4.69) is 14.7 Å². The van der Waals surface area contributed by atoms with Crippen LogP contribution in [0.1, 0.15) is 37.0 Å². The first-order valence-electron chi connectivity index (χ1n) is 9.12. The predicted octanol–water partition coefficient (Wildman–Crippen LogP) is 4.25. The Morgan fingerprint density at radius 1 is 1.10 bits per heavy atom. The van der Waals surface area contributed by atoms with Gasteiger partial charge in [0.05, 0.1) is 12.8 Å². The van der Waals surface area contributed by atoms with Gasteiger partial charge in [0, 0.05) is 18.5 Å². The highest BCUT2D eigenvalue weighted by molar-refractivity contribution is 6.35. The minimum absolute atomic E-state index is 0.114. The highest BCUT2D eigenvalue weighted by Crippen LogP contribution is 2.29. The molecular weight excluding hydrogens is 403 g/mol. The summed E-state index contributed by atoms with van der Waals surface area (Å²) < 4.78 is 47.3. The third-order valence-corrected chi connectivity index (χ3v) is 4.18. The Morgan fingerprint density at radius 2 is 1.83 bits per heavy atom. The molecule has 0 atom stereocenters. The fraction of sp³-hybridized carbons (Fsp3) is 0.300. The maximum Gasteiger partial charge on any atom is 0.471 e.